The Bertz CT molecular complexity index is 1070. The first-order valence-electron chi connectivity index (χ1n) is 10.0. The number of hydrogen-bond donors (Lipinski definition) is 2. The first kappa shape index (κ1) is 21.4. The average molecular weight is 413 g/mol. The molecule has 0 aliphatic heterocycles. The van der Waals surface area contributed by atoms with Gasteiger partial charge in [0.15, 0.2) is 11.5 Å². The molecule has 9 nitrogen and oxygen atoms in total. The van der Waals surface area contributed by atoms with Crippen molar-refractivity contribution in [2.75, 3.05) is 12.3 Å². The maximum absolute atomic E-state index is 12.5. The predicted octanol–water partition coefficient (Wildman–Crippen LogP) is 2.42. The van der Waals surface area contributed by atoms with Crippen LogP contribution in [-0.4, -0.2) is 38.2 Å². The van der Waals surface area contributed by atoms with Crippen LogP contribution in [0.4, 0.5) is 5.82 Å². The lowest BCUT2D eigenvalue weighted by Crippen LogP contribution is -2.18. The fourth-order valence-corrected chi connectivity index (χ4v) is 2.97. The molecule has 3 N–H and O–H groups in total. The van der Waals surface area contributed by atoms with Crippen molar-refractivity contribution in [2.45, 2.75) is 52.7 Å². The zero-order chi connectivity index (χ0) is 21.7. The van der Waals surface area contributed by atoms with Gasteiger partial charge in [-0.05, 0) is 31.4 Å². The zero-order valence-electron chi connectivity index (χ0n) is 17.5. The highest BCUT2D eigenvalue weighted by molar-refractivity contribution is 5.82. The maximum atomic E-state index is 12.5. The monoisotopic (exact) mass is 413 g/mol. The van der Waals surface area contributed by atoms with E-state index in [0.717, 1.165) is 24.0 Å². The van der Waals surface area contributed by atoms with Crippen LogP contribution >= 0.6 is 0 Å². The van der Waals surface area contributed by atoms with Gasteiger partial charge in [-0.2, -0.15) is 9.97 Å². The number of fused-ring (bicyclic) bond motifs is 1. The van der Waals surface area contributed by atoms with Gasteiger partial charge in [-0.1, -0.05) is 37.6 Å². The number of aromatic amines is 1. The second-order valence-corrected chi connectivity index (χ2v) is 7.34. The number of nitrogen functional groups attached to an aromatic ring is 1. The summed E-state index contributed by atoms with van der Waals surface area (Å²) in [5, 5.41) is 0. The van der Waals surface area contributed by atoms with Crippen LogP contribution in [0.1, 0.15) is 44.7 Å². The number of nitrogens with zero attached hydrogens (tertiary/aromatic N) is 3. The minimum atomic E-state index is -0.332. The summed E-state index contributed by atoms with van der Waals surface area (Å²) in [7, 11) is 0. The van der Waals surface area contributed by atoms with Crippen LogP contribution in [0.15, 0.2) is 29.1 Å². The van der Waals surface area contributed by atoms with Crippen LogP contribution in [0, 0.1) is 0 Å². The van der Waals surface area contributed by atoms with Gasteiger partial charge in [-0.25, -0.2) is 4.79 Å². The van der Waals surface area contributed by atoms with Crippen molar-refractivity contribution in [1.82, 2.24) is 19.5 Å². The largest absolute Gasteiger partial charge is 0.463 e. The van der Waals surface area contributed by atoms with Crippen LogP contribution in [0.25, 0.3) is 11.2 Å². The minimum absolute atomic E-state index is 0.143. The highest BCUT2D eigenvalue weighted by Gasteiger charge is 2.15. The Balaban J connectivity index is 1.80. The third-order valence-corrected chi connectivity index (χ3v) is 4.44. The molecular weight excluding hydrogens is 386 g/mol. The van der Waals surface area contributed by atoms with E-state index in [9.17, 15) is 9.59 Å². The number of anilines is 1. The van der Waals surface area contributed by atoms with E-state index in [2.05, 4.69) is 21.9 Å². The fraction of sp³-hybridized carbons (Fsp3) is 0.429. The number of carbonyl (C=O) groups is 1. The number of rotatable bonds is 9. The van der Waals surface area contributed by atoms with E-state index in [1.54, 1.807) is 0 Å². The van der Waals surface area contributed by atoms with E-state index in [1.807, 2.05) is 38.1 Å². The quantitative estimate of drug-likeness (QED) is 0.408. The normalized spacial score (nSPS) is 11.2. The SMILES string of the molecule is CCCCOc1nc(N)c2[nH]c(=O)n(Cc3ccc(CC(=O)OC(C)C)cc3)c2n1. The molecule has 0 aliphatic carbocycles. The number of carbonyl (C=O) groups excluding carboxylic acids is 1. The standard InChI is InChI=1S/C21H27N5O4/c1-4-5-10-29-20-24-18(22)17-19(25-20)26(21(28)23-17)12-15-8-6-14(7-9-15)11-16(27)30-13(2)3/h6-9,13H,4-5,10-12H2,1-3H3,(H,23,28)(H2,22,24,25). The van der Waals surface area contributed by atoms with E-state index in [0.29, 0.717) is 24.3 Å². The molecule has 0 fully saturated rings. The third-order valence-electron chi connectivity index (χ3n) is 4.44. The number of H-pyrrole nitrogens is 1. The molecule has 0 aliphatic rings. The highest BCUT2D eigenvalue weighted by atomic mass is 16.5. The van der Waals surface area contributed by atoms with E-state index in [-0.39, 0.29) is 36.0 Å². The van der Waals surface area contributed by atoms with Crippen LogP contribution in [-0.2, 0) is 22.5 Å². The number of ether oxygens (including phenoxy) is 2. The molecular formula is C21H27N5O4. The van der Waals surface area contributed by atoms with Gasteiger partial charge in [0.25, 0.3) is 0 Å². The number of nitrogens with two attached hydrogens (primary N) is 1. The smallest absolute Gasteiger partial charge is 0.328 e. The second-order valence-electron chi connectivity index (χ2n) is 7.34. The maximum Gasteiger partial charge on any atom is 0.328 e. The molecule has 0 saturated carbocycles. The van der Waals surface area contributed by atoms with Crippen molar-refractivity contribution in [1.29, 1.82) is 0 Å². The van der Waals surface area contributed by atoms with Crippen molar-refractivity contribution in [3.8, 4) is 6.01 Å². The minimum Gasteiger partial charge on any atom is -0.463 e. The summed E-state index contributed by atoms with van der Waals surface area (Å²) in [5.74, 6) is -0.102. The Morgan fingerprint density at radius 3 is 2.57 bits per heavy atom. The summed E-state index contributed by atoms with van der Waals surface area (Å²) in [6.45, 7) is 6.47. The summed E-state index contributed by atoms with van der Waals surface area (Å²) in [6, 6.07) is 7.58. The van der Waals surface area contributed by atoms with Crippen LogP contribution in [0.5, 0.6) is 6.01 Å². The lowest BCUT2D eigenvalue weighted by molar-refractivity contribution is -0.146. The Morgan fingerprint density at radius 1 is 1.20 bits per heavy atom. The molecule has 1 aromatic carbocycles. The number of aromatic nitrogens is 4. The number of unbranched alkanes of at least 4 members (excludes halogenated alkanes) is 1. The molecule has 0 bridgehead atoms. The van der Waals surface area contributed by atoms with Crippen molar-refractivity contribution >= 4 is 23.0 Å². The first-order chi connectivity index (χ1) is 14.4. The number of benzene rings is 1. The summed E-state index contributed by atoms with van der Waals surface area (Å²) >= 11 is 0. The highest BCUT2D eigenvalue weighted by Crippen LogP contribution is 2.19. The van der Waals surface area contributed by atoms with Crippen LogP contribution in [0.2, 0.25) is 0 Å². The number of hydrogen-bond acceptors (Lipinski definition) is 7. The van der Waals surface area contributed by atoms with Gasteiger partial charge < -0.3 is 20.2 Å². The first-order valence-corrected chi connectivity index (χ1v) is 10.0. The summed E-state index contributed by atoms with van der Waals surface area (Å²) < 4.78 is 12.2. The van der Waals surface area contributed by atoms with Gasteiger partial charge in [0.05, 0.1) is 25.7 Å². The Hall–Kier alpha value is -3.36. The number of imidazole rings is 1. The summed E-state index contributed by atoms with van der Waals surface area (Å²) in [5.41, 5.74) is 8.15. The van der Waals surface area contributed by atoms with Crippen molar-refractivity contribution in [3.05, 3.63) is 45.9 Å². The molecule has 0 spiro atoms. The molecule has 0 unspecified atom stereocenters. The van der Waals surface area contributed by atoms with E-state index in [4.69, 9.17) is 15.2 Å². The molecule has 3 rings (SSSR count). The molecule has 30 heavy (non-hydrogen) atoms. The van der Waals surface area contributed by atoms with Gasteiger partial charge in [-0.15, -0.1) is 0 Å². The molecule has 0 atom stereocenters. The van der Waals surface area contributed by atoms with Gasteiger partial charge in [0, 0.05) is 0 Å². The topological polar surface area (TPSA) is 125 Å². The lowest BCUT2D eigenvalue weighted by atomic mass is 10.1. The molecule has 0 amide bonds. The number of esters is 1. The van der Waals surface area contributed by atoms with Crippen molar-refractivity contribution in [3.63, 3.8) is 0 Å². The Labute approximate surface area is 174 Å². The summed E-state index contributed by atoms with van der Waals surface area (Å²) in [6.07, 6.45) is 1.92. The lowest BCUT2D eigenvalue weighted by Gasteiger charge is -2.09. The van der Waals surface area contributed by atoms with Crippen molar-refractivity contribution < 1.29 is 14.3 Å². The second kappa shape index (κ2) is 9.43. The van der Waals surface area contributed by atoms with Crippen LogP contribution in [0.3, 0.4) is 0 Å². The van der Waals surface area contributed by atoms with Gasteiger partial charge in [0.1, 0.15) is 5.52 Å². The molecule has 0 saturated heterocycles. The van der Waals surface area contributed by atoms with E-state index < -0.39 is 0 Å². The third kappa shape index (κ3) is 5.16. The van der Waals surface area contributed by atoms with Gasteiger partial charge >= 0.3 is 17.7 Å². The van der Waals surface area contributed by atoms with Crippen LogP contribution < -0.4 is 16.2 Å². The Morgan fingerprint density at radius 2 is 1.90 bits per heavy atom. The van der Waals surface area contributed by atoms with Gasteiger partial charge in [0.2, 0.25) is 0 Å². The molecule has 9 heteroatoms. The average Bonchev–Trinajstić information content (AvgIpc) is 2.99. The number of nitrogens with one attached hydrogen (secondary N) is 1. The van der Waals surface area contributed by atoms with Crippen molar-refractivity contribution in [2.24, 2.45) is 0 Å². The molecule has 3 aromatic rings. The van der Waals surface area contributed by atoms with Gasteiger partial charge in [-0.3, -0.25) is 9.36 Å². The molecule has 2 aromatic heterocycles. The fourth-order valence-electron chi connectivity index (χ4n) is 2.97. The Kier molecular flexibility index (Phi) is 6.71. The molecule has 0 radical (unpaired) electrons. The molecule has 2 heterocycles. The predicted molar refractivity (Wildman–Crippen MR) is 113 cm³/mol. The summed E-state index contributed by atoms with van der Waals surface area (Å²) in [4.78, 5) is 35.5. The zero-order valence-corrected chi connectivity index (χ0v) is 17.5. The van der Waals surface area contributed by atoms with E-state index in [1.165, 1.54) is 4.57 Å². The van der Waals surface area contributed by atoms with E-state index >= 15 is 0 Å². The molecule has 160 valence electrons.